The molecule has 0 aliphatic rings. The number of ether oxygens (including phenoxy) is 2. The summed E-state index contributed by atoms with van der Waals surface area (Å²) >= 11 is 0. The van der Waals surface area contributed by atoms with Gasteiger partial charge in [-0.25, -0.2) is 0 Å². The van der Waals surface area contributed by atoms with Gasteiger partial charge in [0.15, 0.2) is 0 Å². The van der Waals surface area contributed by atoms with E-state index >= 15 is 0 Å². The van der Waals surface area contributed by atoms with Crippen molar-refractivity contribution in [3.05, 3.63) is 59.7 Å². The van der Waals surface area contributed by atoms with Crippen LogP contribution in [0.25, 0.3) is 0 Å². The fraction of sp³-hybridized carbons (Fsp3) is 0.294. The molecule has 2 N–H and O–H groups in total. The lowest BCUT2D eigenvalue weighted by Gasteiger charge is -2.08. The van der Waals surface area contributed by atoms with Gasteiger partial charge in [0.05, 0.1) is 13.7 Å². The fourth-order valence-corrected chi connectivity index (χ4v) is 2.10. The maximum absolute atomic E-state index is 5.81. The Morgan fingerprint density at radius 2 is 1.80 bits per heavy atom. The zero-order valence-corrected chi connectivity index (χ0v) is 11.8. The van der Waals surface area contributed by atoms with Crippen LogP contribution in [0, 0.1) is 0 Å². The van der Waals surface area contributed by atoms with Gasteiger partial charge < -0.3 is 15.2 Å². The molecule has 106 valence electrons. The molecule has 0 unspecified atom stereocenters. The molecular formula is C17H21NO2. The molecule has 0 amide bonds. The summed E-state index contributed by atoms with van der Waals surface area (Å²) in [5.41, 5.74) is 8.90. The van der Waals surface area contributed by atoms with E-state index in [1.54, 1.807) is 13.2 Å². The number of hydrogen-bond acceptors (Lipinski definition) is 3. The molecule has 2 aromatic rings. The van der Waals surface area contributed by atoms with Crippen LogP contribution in [0.4, 0.5) is 5.69 Å². The third kappa shape index (κ3) is 4.59. The molecule has 3 heteroatoms. The predicted molar refractivity (Wildman–Crippen MR) is 81.8 cm³/mol. The first-order valence-electron chi connectivity index (χ1n) is 6.83. The number of nitrogen functional groups attached to an aromatic ring is 1. The molecule has 0 aliphatic heterocycles. The molecule has 0 atom stereocenters. The molecule has 0 heterocycles. The summed E-state index contributed by atoms with van der Waals surface area (Å²) in [7, 11) is 1.64. The van der Waals surface area contributed by atoms with E-state index in [1.807, 2.05) is 18.2 Å². The van der Waals surface area contributed by atoms with E-state index in [0.717, 1.165) is 30.8 Å². The van der Waals surface area contributed by atoms with Crippen LogP contribution in [0.1, 0.15) is 17.5 Å². The summed E-state index contributed by atoms with van der Waals surface area (Å²) in [5, 5.41) is 0. The second-order valence-electron chi connectivity index (χ2n) is 4.76. The van der Waals surface area contributed by atoms with Crippen molar-refractivity contribution in [1.82, 2.24) is 0 Å². The van der Waals surface area contributed by atoms with Crippen LogP contribution in [0.15, 0.2) is 48.5 Å². The summed E-state index contributed by atoms with van der Waals surface area (Å²) < 4.78 is 10.9. The molecule has 0 aromatic heterocycles. The molecule has 0 radical (unpaired) electrons. The molecule has 0 saturated heterocycles. The Bertz CT molecular complexity index is 526. The second-order valence-corrected chi connectivity index (χ2v) is 4.76. The average Bonchev–Trinajstić information content (AvgIpc) is 2.47. The first kappa shape index (κ1) is 14.4. The van der Waals surface area contributed by atoms with E-state index in [9.17, 15) is 0 Å². The topological polar surface area (TPSA) is 44.5 Å². The highest BCUT2D eigenvalue weighted by molar-refractivity contribution is 5.47. The van der Waals surface area contributed by atoms with Crippen LogP contribution in [-0.2, 0) is 17.8 Å². The van der Waals surface area contributed by atoms with E-state index in [1.165, 1.54) is 5.56 Å². The summed E-state index contributed by atoms with van der Waals surface area (Å²) in [6, 6.07) is 16.1. The number of aryl methyl sites for hydroxylation is 1. The van der Waals surface area contributed by atoms with Gasteiger partial charge in [-0.15, -0.1) is 0 Å². The molecular weight excluding hydrogens is 250 g/mol. The summed E-state index contributed by atoms with van der Waals surface area (Å²) in [5.74, 6) is 0.771. The normalized spacial score (nSPS) is 10.4. The maximum atomic E-state index is 5.81. The van der Waals surface area contributed by atoms with Gasteiger partial charge in [0.1, 0.15) is 5.75 Å². The smallest absolute Gasteiger partial charge is 0.121 e. The van der Waals surface area contributed by atoms with Gasteiger partial charge in [0.2, 0.25) is 0 Å². The molecule has 0 saturated carbocycles. The van der Waals surface area contributed by atoms with Crippen LogP contribution in [-0.4, -0.2) is 13.7 Å². The van der Waals surface area contributed by atoms with E-state index in [4.69, 9.17) is 15.2 Å². The van der Waals surface area contributed by atoms with E-state index in [0.29, 0.717) is 12.3 Å². The predicted octanol–water partition coefficient (Wildman–Crippen LogP) is 3.43. The fourth-order valence-electron chi connectivity index (χ4n) is 2.10. The first-order chi connectivity index (χ1) is 9.78. The van der Waals surface area contributed by atoms with Crippen LogP contribution < -0.4 is 10.5 Å². The lowest BCUT2D eigenvalue weighted by Crippen LogP contribution is -1.99. The summed E-state index contributed by atoms with van der Waals surface area (Å²) in [6.45, 7) is 1.31. The van der Waals surface area contributed by atoms with Crippen LogP contribution >= 0.6 is 0 Å². The number of rotatable bonds is 7. The Kier molecular flexibility index (Phi) is 5.44. The standard InChI is InChI=1S/C17H21NO2/c1-19-17-11-15(10-16(18)12-17)13-20-9-5-8-14-6-3-2-4-7-14/h2-4,6-7,10-12H,5,8-9,13,18H2,1H3. The molecule has 20 heavy (non-hydrogen) atoms. The van der Waals surface area contributed by atoms with Gasteiger partial charge in [-0.3, -0.25) is 0 Å². The van der Waals surface area contributed by atoms with Gasteiger partial charge in [0.25, 0.3) is 0 Å². The van der Waals surface area contributed by atoms with Crippen molar-refractivity contribution in [2.45, 2.75) is 19.4 Å². The Morgan fingerprint density at radius 3 is 2.55 bits per heavy atom. The Labute approximate surface area is 120 Å². The van der Waals surface area contributed by atoms with E-state index < -0.39 is 0 Å². The largest absolute Gasteiger partial charge is 0.497 e. The quantitative estimate of drug-likeness (QED) is 0.620. The number of nitrogens with two attached hydrogens (primary N) is 1. The van der Waals surface area contributed by atoms with Crippen molar-refractivity contribution in [2.75, 3.05) is 19.5 Å². The Morgan fingerprint density at radius 1 is 1.00 bits per heavy atom. The van der Waals surface area contributed by atoms with Gasteiger partial charge in [0, 0.05) is 18.4 Å². The number of benzene rings is 2. The zero-order valence-electron chi connectivity index (χ0n) is 11.8. The number of anilines is 1. The lowest BCUT2D eigenvalue weighted by molar-refractivity contribution is 0.118. The SMILES string of the molecule is COc1cc(N)cc(COCCCc2ccccc2)c1. The molecule has 3 nitrogen and oxygen atoms in total. The molecule has 2 aromatic carbocycles. The third-order valence-corrected chi connectivity index (χ3v) is 3.09. The molecule has 0 fully saturated rings. The zero-order chi connectivity index (χ0) is 14.2. The minimum atomic E-state index is 0.566. The van der Waals surface area contributed by atoms with Crippen molar-refractivity contribution in [3.63, 3.8) is 0 Å². The number of hydrogen-bond donors (Lipinski definition) is 1. The van der Waals surface area contributed by atoms with Crippen molar-refractivity contribution in [2.24, 2.45) is 0 Å². The van der Waals surface area contributed by atoms with Gasteiger partial charge in [-0.05, 0) is 36.1 Å². The minimum absolute atomic E-state index is 0.566. The molecule has 0 spiro atoms. The molecule has 0 aliphatic carbocycles. The lowest BCUT2D eigenvalue weighted by atomic mass is 10.1. The van der Waals surface area contributed by atoms with Crippen LogP contribution in [0.5, 0.6) is 5.75 Å². The highest BCUT2D eigenvalue weighted by Gasteiger charge is 2.00. The van der Waals surface area contributed by atoms with Crippen molar-refractivity contribution < 1.29 is 9.47 Å². The van der Waals surface area contributed by atoms with Crippen molar-refractivity contribution in [3.8, 4) is 5.75 Å². The van der Waals surface area contributed by atoms with Crippen LogP contribution in [0.2, 0.25) is 0 Å². The Hall–Kier alpha value is -2.00. The molecule has 0 bridgehead atoms. The highest BCUT2D eigenvalue weighted by Crippen LogP contribution is 2.19. The van der Waals surface area contributed by atoms with E-state index in [2.05, 4.69) is 24.3 Å². The van der Waals surface area contributed by atoms with Gasteiger partial charge >= 0.3 is 0 Å². The third-order valence-electron chi connectivity index (χ3n) is 3.09. The first-order valence-corrected chi connectivity index (χ1v) is 6.83. The molecule has 2 rings (SSSR count). The van der Waals surface area contributed by atoms with Crippen molar-refractivity contribution >= 4 is 5.69 Å². The van der Waals surface area contributed by atoms with Gasteiger partial charge in [-0.2, -0.15) is 0 Å². The maximum Gasteiger partial charge on any atom is 0.121 e. The highest BCUT2D eigenvalue weighted by atomic mass is 16.5. The second kappa shape index (κ2) is 7.56. The summed E-state index contributed by atoms with van der Waals surface area (Å²) in [6.07, 6.45) is 2.06. The van der Waals surface area contributed by atoms with Gasteiger partial charge in [-0.1, -0.05) is 30.3 Å². The average molecular weight is 271 g/mol. The summed E-state index contributed by atoms with van der Waals surface area (Å²) in [4.78, 5) is 0. The monoisotopic (exact) mass is 271 g/mol. The Balaban J connectivity index is 1.72. The van der Waals surface area contributed by atoms with Crippen LogP contribution in [0.3, 0.4) is 0 Å². The number of methoxy groups -OCH3 is 1. The minimum Gasteiger partial charge on any atom is -0.497 e. The van der Waals surface area contributed by atoms with Crippen molar-refractivity contribution in [1.29, 1.82) is 0 Å². The van der Waals surface area contributed by atoms with E-state index in [-0.39, 0.29) is 0 Å².